The summed E-state index contributed by atoms with van der Waals surface area (Å²) >= 11 is 0. The number of carbonyl (C=O) groups excluding carboxylic acids is 1. The van der Waals surface area contributed by atoms with Gasteiger partial charge in [0.05, 0.1) is 0 Å². The molecule has 3 heteroatoms. The molecule has 2 fully saturated rings. The van der Waals surface area contributed by atoms with E-state index in [1.807, 2.05) is 19.1 Å². The lowest BCUT2D eigenvalue weighted by atomic mass is 9.86. The van der Waals surface area contributed by atoms with Crippen molar-refractivity contribution in [2.45, 2.75) is 39.0 Å². The molecule has 3 atom stereocenters. The number of hydrogen-bond acceptors (Lipinski definition) is 2. The van der Waals surface area contributed by atoms with Gasteiger partial charge in [-0.2, -0.15) is 0 Å². The van der Waals surface area contributed by atoms with E-state index in [0.29, 0.717) is 18.2 Å². The molecule has 0 spiro atoms. The van der Waals surface area contributed by atoms with Crippen molar-refractivity contribution in [3.63, 3.8) is 0 Å². The predicted molar refractivity (Wildman–Crippen MR) is 71.2 cm³/mol. The normalized spacial score (nSPS) is 29.5. The second-order valence-electron chi connectivity index (χ2n) is 5.86. The summed E-state index contributed by atoms with van der Waals surface area (Å²) in [6.07, 6.45) is 7.75. The highest BCUT2D eigenvalue weighted by molar-refractivity contribution is 5.90. The fourth-order valence-electron chi connectivity index (χ4n) is 3.66. The largest absolute Gasteiger partial charge is 0.310 e. The van der Waals surface area contributed by atoms with E-state index in [-0.39, 0.29) is 5.91 Å². The van der Waals surface area contributed by atoms with Crippen molar-refractivity contribution in [1.29, 1.82) is 0 Å². The number of carbonyl (C=O) groups is 1. The average molecular weight is 244 g/mol. The van der Waals surface area contributed by atoms with Crippen LogP contribution in [0.1, 0.15) is 37.7 Å². The fraction of sp³-hybridized carbons (Fsp3) is 0.600. The summed E-state index contributed by atoms with van der Waals surface area (Å²) < 4.78 is 0. The lowest BCUT2D eigenvalue weighted by Crippen LogP contribution is -2.21. The monoisotopic (exact) mass is 244 g/mol. The van der Waals surface area contributed by atoms with Crippen LogP contribution in [0.4, 0.5) is 5.82 Å². The number of pyridine rings is 1. The molecule has 2 bridgehead atoms. The summed E-state index contributed by atoms with van der Waals surface area (Å²) in [6.45, 7) is 1.97. The minimum atomic E-state index is 0.134. The van der Waals surface area contributed by atoms with E-state index in [4.69, 9.17) is 0 Å². The SMILES string of the molecule is Cc1cccnc1NC(=O)CC1CC2CCC1C2. The lowest BCUT2D eigenvalue weighted by Gasteiger charge is -2.20. The third-order valence-electron chi connectivity index (χ3n) is 4.60. The number of nitrogens with one attached hydrogen (secondary N) is 1. The fourth-order valence-corrected chi connectivity index (χ4v) is 3.66. The first-order chi connectivity index (χ1) is 8.72. The molecule has 1 aromatic rings. The topological polar surface area (TPSA) is 42.0 Å². The van der Waals surface area contributed by atoms with Crippen LogP contribution in [0.15, 0.2) is 18.3 Å². The van der Waals surface area contributed by atoms with Gasteiger partial charge in [0.25, 0.3) is 0 Å². The summed E-state index contributed by atoms with van der Waals surface area (Å²) in [5.74, 6) is 3.18. The van der Waals surface area contributed by atoms with Crippen LogP contribution in [0.3, 0.4) is 0 Å². The molecule has 3 nitrogen and oxygen atoms in total. The van der Waals surface area contributed by atoms with Crippen molar-refractivity contribution < 1.29 is 4.79 Å². The van der Waals surface area contributed by atoms with Crippen molar-refractivity contribution in [3.05, 3.63) is 23.9 Å². The molecule has 1 heterocycles. The van der Waals surface area contributed by atoms with Crippen LogP contribution in [0.25, 0.3) is 0 Å². The second-order valence-corrected chi connectivity index (χ2v) is 5.86. The van der Waals surface area contributed by atoms with Gasteiger partial charge >= 0.3 is 0 Å². The summed E-state index contributed by atoms with van der Waals surface area (Å²) in [5, 5.41) is 2.95. The van der Waals surface area contributed by atoms with Crippen LogP contribution in [-0.2, 0) is 4.79 Å². The Morgan fingerprint density at radius 2 is 2.33 bits per heavy atom. The molecule has 2 aliphatic carbocycles. The van der Waals surface area contributed by atoms with Crippen LogP contribution >= 0.6 is 0 Å². The molecular formula is C15H20N2O. The van der Waals surface area contributed by atoms with Gasteiger partial charge < -0.3 is 5.32 Å². The van der Waals surface area contributed by atoms with Crippen molar-refractivity contribution in [1.82, 2.24) is 4.98 Å². The number of hydrogen-bond donors (Lipinski definition) is 1. The Morgan fingerprint density at radius 1 is 1.44 bits per heavy atom. The zero-order valence-corrected chi connectivity index (χ0v) is 10.9. The molecule has 0 radical (unpaired) electrons. The quantitative estimate of drug-likeness (QED) is 0.887. The van der Waals surface area contributed by atoms with Gasteiger partial charge in [-0.05, 0) is 55.6 Å². The zero-order chi connectivity index (χ0) is 12.5. The van der Waals surface area contributed by atoms with Gasteiger partial charge in [-0.25, -0.2) is 4.98 Å². The van der Waals surface area contributed by atoms with E-state index >= 15 is 0 Å². The molecule has 0 saturated heterocycles. The Balaban J connectivity index is 1.58. The van der Waals surface area contributed by atoms with E-state index in [9.17, 15) is 4.79 Å². The first-order valence-electron chi connectivity index (χ1n) is 6.94. The first kappa shape index (κ1) is 11.7. The molecule has 2 saturated carbocycles. The van der Waals surface area contributed by atoms with Crippen LogP contribution < -0.4 is 5.32 Å². The summed E-state index contributed by atoms with van der Waals surface area (Å²) in [6, 6.07) is 3.86. The van der Waals surface area contributed by atoms with Crippen molar-refractivity contribution in [2.24, 2.45) is 17.8 Å². The van der Waals surface area contributed by atoms with Gasteiger partial charge in [0, 0.05) is 12.6 Å². The standard InChI is InChI=1S/C15H20N2O/c1-10-3-2-6-16-15(10)17-14(18)9-13-8-11-4-5-12(13)7-11/h2-3,6,11-13H,4-5,7-9H2,1H3,(H,16,17,18). The number of rotatable bonds is 3. The molecule has 3 rings (SSSR count). The van der Waals surface area contributed by atoms with Crippen LogP contribution in [0.2, 0.25) is 0 Å². The zero-order valence-electron chi connectivity index (χ0n) is 10.9. The van der Waals surface area contributed by atoms with Crippen LogP contribution in [0, 0.1) is 24.7 Å². The third kappa shape index (κ3) is 2.26. The molecule has 1 aromatic heterocycles. The molecular weight excluding hydrogens is 224 g/mol. The van der Waals surface area contributed by atoms with Crippen molar-refractivity contribution in [2.75, 3.05) is 5.32 Å². The maximum absolute atomic E-state index is 12.0. The smallest absolute Gasteiger partial charge is 0.225 e. The highest BCUT2D eigenvalue weighted by Gasteiger charge is 2.40. The molecule has 1 amide bonds. The first-order valence-corrected chi connectivity index (χ1v) is 6.94. The summed E-state index contributed by atoms with van der Waals surface area (Å²) in [5.41, 5.74) is 1.03. The van der Waals surface area contributed by atoms with Crippen molar-refractivity contribution in [3.8, 4) is 0 Å². The highest BCUT2D eigenvalue weighted by Crippen LogP contribution is 2.49. The van der Waals surface area contributed by atoms with Crippen LogP contribution in [0.5, 0.6) is 0 Å². The van der Waals surface area contributed by atoms with Gasteiger partial charge in [0.15, 0.2) is 0 Å². The Labute approximate surface area is 108 Å². The van der Waals surface area contributed by atoms with E-state index in [0.717, 1.165) is 17.4 Å². The molecule has 0 aromatic carbocycles. The number of fused-ring (bicyclic) bond motifs is 2. The van der Waals surface area contributed by atoms with E-state index in [2.05, 4.69) is 10.3 Å². The third-order valence-corrected chi connectivity index (χ3v) is 4.60. The van der Waals surface area contributed by atoms with E-state index in [1.165, 1.54) is 25.7 Å². The molecule has 96 valence electrons. The molecule has 1 N–H and O–H groups in total. The minimum Gasteiger partial charge on any atom is -0.310 e. The average Bonchev–Trinajstić information content (AvgIpc) is 2.94. The van der Waals surface area contributed by atoms with E-state index in [1.54, 1.807) is 6.20 Å². The number of amides is 1. The Bertz CT molecular complexity index is 458. The number of nitrogens with zero attached hydrogens (tertiary/aromatic N) is 1. The summed E-state index contributed by atoms with van der Waals surface area (Å²) in [4.78, 5) is 16.3. The maximum Gasteiger partial charge on any atom is 0.225 e. The minimum absolute atomic E-state index is 0.134. The van der Waals surface area contributed by atoms with Gasteiger partial charge in [0.2, 0.25) is 5.91 Å². The Hall–Kier alpha value is -1.38. The molecule has 18 heavy (non-hydrogen) atoms. The molecule has 2 aliphatic rings. The Kier molecular flexibility index (Phi) is 3.06. The Morgan fingerprint density at radius 3 is 3.00 bits per heavy atom. The number of anilines is 1. The maximum atomic E-state index is 12.0. The number of aryl methyl sites for hydroxylation is 1. The van der Waals surface area contributed by atoms with Crippen molar-refractivity contribution >= 4 is 11.7 Å². The van der Waals surface area contributed by atoms with Gasteiger partial charge in [-0.1, -0.05) is 12.5 Å². The highest BCUT2D eigenvalue weighted by atomic mass is 16.1. The molecule has 0 aliphatic heterocycles. The molecule has 3 unspecified atom stereocenters. The van der Waals surface area contributed by atoms with E-state index < -0.39 is 0 Å². The number of aromatic nitrogens is 1. The lowest BCUT2D eigenvalue weighted by molar-refractivity contribution is -0.117. The van der Waals surface area contributed by atoms with Gasteiger partial charge in [0.1, 0.15) is 5.82 Å². The van der Waals surface area contributed by atoms with Gasteiger partial charge in [-0.3, -0.25) is 4.79 Å². The second kappa shape index (κ2) is 4.71. The predicted octanol–water partition coefficient (Wildman–Crippen LogP) is 3.15. The summed E-state index contributed by atoms with van der Waals surface area (Å²) in [7, 11) is 0. The van der Waals surface area contributed by atoms with Crippen LogP contribution in [-0.4, -0.2) is 10.9 Å². The van der Waals surface area contributed by atoms with Gasteiger partial charge in [-0.15, -0.1) is 0 Å².